The van der Waals surface area contributed by atoms with E-state index in [-0.39, 0.29) is 17.5 Å². The number of halogens is 3. The Labute approximate surface area is 143 Å². The van der Waals surface area contributed by atoms with E-state index in [0.29, 0.717) is 10.6 Å². The van der Waals surface area contributed by atoms with Gasteiger partial charge in [-0.2, -0.15) is 8.78 Å². The number of hydrogen-bond donors (Lipinski definition) is 2. The number of carbonyl (C=O) groups is 1. The van der Waals surface area contributed by atoms with Crippen LogP contribution in [-0.4, -0.2) is 12.6 Å². The van der Waals surface area contributed by atoms with Crippen LogP contribution in [0.1, 0.15) is 24.1 Å². The molecule has 0 radical (unpaired) electrons. The van der Waals surface area contributed by atoms with Crippen LogP contribution in [0, 0.1) is 6.92 Å². The summed E-state index contributed by atoms with van der Waals surface area (Å²) >= 11 is 6.10. The molecule has 2 rings (SSSR count). The average Bonchev–Trinajstić information content (AvgIpc) is 2.50. The quantitative estimate of drug-likeness (QED) is 0.781. The number of para-hydroxylation sites is 1. The van der Waals surface area contributed by atoms with Gasteiger partial charge in [-0.3, -0.25) is 0 Å². The van der Waals surface area contributed by atoms with E-state index in [1.54, 1.807) is 44.2 Å². The zero-order valence-corrected chi connectivity index (χ0v) is 13.9. The fourth-order valence-corrected chi connectivity index (χ4v) is 2.54. The minimum absolute atomic E-state index is 0.0921. The van der Waals surface area contributed by atoms with E-state index in [4.69, 9.17) is 11.6 Å². The maximum absolute atomic E-state index is 12.5. The Morgan fingerprint density at radius 2 is 1.88 bits per heavy atom. The molecule has 1 unspecified atom stereocenters. The van der Waals surface area contributed by atoms with Crippen LogP contribution >= 0.6 is 11.6 Å². The number of amides is 2. The smallest absolute Gasteiger partial charge is 0.387 e. The maximum atomic E-state index is 12.5. The molecular weight excluding hydrogens is 338 g/mol. The number of ether oxygens (including phenoxy) is 1. The number of rotatable bonds is 5. The molecule has 128 valence electrons. The van der Waals surface area contributed by atoms with Gasteiger partial charge in [0.15, 0.2) is 0 Å². The van der Waals surface area contributed by atoms with Gasteiger partial charge in [0.1, 0.15) is 5.75 Å². The summed E-state index contributed by atoms with van der Waals surface area (Å²) in [6, 6.07) is 10.8. The van der Waals surface area contributed by atoms with E-state index in [1.165, 1.54) is 6.07 Å². The lowest BCUT2D eigenvalue weighted by atomic mass is 10.1. The number of urea groups is 1. The highest BCUT2D eigenvalue weighted by Gasteiger charge is 2.16. The Bertz CT molecular complexity index is 725. The predicted molar refractivity (Wildman–Crippen MR) is 89.8 cm³/mol. The van der Waals surface area contributed by atoms with Crippen molar-refractivity contribution < 1.29 is 18.3 Å². The van der Waals surface area contributed by atoms with Gasteiger partial charge in [-0.05, 0) is 37.1 Å². The number of alkyl halides is 2. The normalized spacial score (nSPS) is 11.9. The summed E-state index contributed by atoms with van der Waals surface area (Å²) in [6.07, 6.45) is 0. The molecule has 0 aliphatic rings. The van der Waals surface area contributed by atoms with Gasteiger partial charge in [-0.25, -0.2) is 4.79 Å². The highest BCUT2D eigenvalue weighted by atomic mass is 35.5. The van der Waals surface area contributed by atoms with Crippen LogP contribution < -0.4 is 15.4 Å². The van der Waals surface area contributed by atoms with Gasteiger partial charge in [0.2, 0.25) is 0 Å². The minimum atomic E-state index is -2.97. The molecular formula is C17H17ClF2N2O2. The van der Waals surface area contributed by atoms with E-state index >= 15 is 0 Å². The predicted octanol–water partition coefficient (Wildman–Crippen LogP) is 5.13. The van der Waals surface area contributed by atoms with Crippen molar-refractivity contribution in [1.82, 2.24) is 5.32 Å². The molecule has 0 saturated heterocycles. The number of aryl methyl sites for hydroxylation is 1. The summed E-state index contributed by atoms with van der Waals surface area (Å²) in [5.74, 6) is -0.0921. The first-order valence-electron chi connectivity index (χ1n) is 7.25. The molecule has 2 N–H and O–H groups in total. The van der Waals surface area contributed by atoms with Crippen LogP contribution in [0.2, 0.25) is 5.02 Å². The highest BCUT2D eigenvalue weighted by molar-refractivity contribution is 6.31. The van der Waals surface area contributed by atoms with Crippen LogP contribution in [-0.2, 0) is 0 Å². The Hall–Kier alpha value is -2.34. The summed E-state index contributed by atoms with van der Waals surface area (Å²) < 4.78 is 29.4. The standard InChI is InChI=1S/C17H17ClF2N2O2/c1-10-6-5-9-14(24-16(19)20)15(10)22-17(23)21-11(2)12-7-3-4-8-13(12)18/h3-9,11,16H,1-2H3,(H2,21,22,23). The molecule has 0 heterocycles. The van der Waals surface area contributed by atoms with Crippen molar-refractivity contribution in [3.63, 3.8) is 0 Å². The summed E-state index contributed by atoms with van der Waals surface area (Å²) in [5, 5.41) is 5.80. The zero-order valence-electron chi connectivity index (χ0n) is 13.1. The SMILES string of the molecule is Cc1cccc(OC(F)F)c1NC(=O)NC(C)c1ccccc1Cl. The summed E-state index contributed by atoms with van der Waals surface area (Å²) in [7, 11) is 0. The van der Waals surface area contributed by atoms with Gasteiger partial charge in [0.25, 0.3) is 0 Å². The first-order chi connectivity index (χ1) is 11.4. The second-order valence-electron chi connectivity index (χ2n) is 5.17. The van der Waals surface area contributed by atoms with Crippen molar-refractivity contribution in [1.29, 1.82) is 0 Å². The van der Waals surface area contributed by atoms with Crippen LogP contribution in [0.3, 0.4) is 0 Å². The topological polar surface area (TPSA) is 50.4 Å². The van der Waals surface area contributed by atoms with Gasteiger partial charge in [0, 0.05) is 5.02 Å². The van der Waals surface area contributed by atoms with Crippen molar-refractivity contribution >= 4 is 23.3 Å². The molecule has 7 heteroatoms. The van der Waals surface area contributed by atoms with Gasteiger partial charge in [0.05, 0.1) is 11.7 Å². The highest BCUT2D eigenvalue weighted by Crippen LogP contribution is 2.29. The molecule has 0 fully saturated rings. The minimum Gasteiger partial charge on any atom is -0.433 e. The first-order valence-corrected chi connectivity index (χ1v) is 7.62. The lowest BCUT2D eigenvalue weighted by Gasteiger charge is -2.18. The molecule has 0 saturated carbocycles. The van der Waals surface area contributed by atoms with Gasteiger partial charge in [-0.15, -0.1) is 0 Å². The van der Waals surface area contributed by atoms with Crippen LogP contribution in [0.5, 0.6) is 5.75 Å². The fraction of sp³-hybridized carbons (Fsp3) is 0.235. The fourth-order valence-electron chi connectivity index (χ4n) is 2.25. The Morgan fingerprint density at radius 1 is 1.17 bits per heavy atom. The third kappa shape index (κ3) is 4.58. The molecule has 2 aromatic rings. The van der Waals surface area contributed by atoms with E-state index in [0.717, 1.165) is 5.56 Å². The molecule has 0 aliphatic carbocycles. The molecule has 2 amide bonds. The average molecular weight is 355 g/mol. The number of hydrogen-bond acceptors (Lipinski definition) is 2. The Kier molecular flexibility index (Phi) is 5.98. The van der Waals surface area contributed by atoms with Crippen molar-refractivity contribution in [3.8, 4) is 5.75 Å². The van der Waals surface area contributed by atoms with Crippen molar-refractivity contribution in [2.45, 2.75) is 26.5 Å². The van der Waals surface area contributed by atoms with Crippen LogP contribution in [0.15, 0.2) is 42.5 Å². The summed E-state index contributed by atoms with van der Waals surface area (Å²) in [6.45, 7) is 0.484. The zero-order chi connectivity index (χ0) is 17.7. The third-order valence-electron chi connectivity index (χ3n) is 3.41. The van der Waals surface area contributed by atoms with Crippen LogP contribution in [0.4, 0.5) is 19.3 Å². The monoisotopic (exact) mass is 354 g/mol. The van der Waals surface area contributed by atoms with Crippen LogP contribution in [0.25, 0.3) is 0 Å². The van der Waals surface area contributed by atoms with Gasteiger partial charge >= 0.3 is 12.6 Å². The number of benzene rings is 2. The van der Waals surface area contributed by atoms with E-state index in [1.807, 2.05) is 6.07 Å². The maximum Gasteiger partial charge on any atom is 0.387 e. The lowest BCUT2D eigenvalue weighted by molar-refractivity contribution is -0.0493. The van der Waals surface area contributed by atoms with Crippen molar-refractivity contribution in [3.05, 3.63) is 58.6 Å². The van der Waals surface area contributed by atoms with Gasteiger partial charge in [-0.1, -0.05) is 41.9 Å². The van der Waals surface area contributed by atoms with E-state index < -0.39 is 12.6 Å². The molecule has 0 spiro atoms. The number of anilines is 1. The molecule has 24 heavy (non-hydrogen) atoms. The Balaban J connectivity index is 2.11. The second kappa shape index (κ2) is 7.97. The molecule has 0 bridgehead atoms. The molecule has 2 aromatic carbocycles. The third-order valence-corrected chi connectivity index (χ3v) is 3.75. The molecule has 0 aliphatic heterocycles. The van der Waals surface area contributed by atoms with Crippen molar-refractivity contribution in [2.75, 3.05) is 5.32 Å². The Morgan fingerprint density at radius 3 is 2.54 bits per heavy atom. The molecule has 4 nitrogen and oxygen atoms in total. The first kappa shape index (κ1) is 18.0. The summed E-state index contributed by atoms with van der Waals surface area (Å²) in [4.78, 5) is 12.2. The number of nitrogens with one attached hydrogen (secondary N) is 2. The van der Waals surface area contributed by atoms with E-state index in [9.17, 15) is 13.6 Å². The lowest BCUT2D eigenvalue weighted by Crippen LogP contribution is -2.31. The molecule has 1 atom stereocenters. The molecule has 0 aromatic heterocycles. The second-order valence-corrected chi connectivity index (χ2v) is 5.58. The summed E-state index contributed by atoms with van der Waals surface area (Å²) in [5.41, 5.74) is 1.55. The largest absolute Gasteiger partial charge is 0.433 e. The van der Waals surface area contributed by atoms with Gasteiger partial charge < -0.3 is 15.4 Å². The number of carbonyl (C=O) groups excluding carboxylic acids is 1. The van der Waals surface area contributed by atoms with Crippen molar-refractivity contribution in [2.24, 2.45) is 0 Å². The van der Waals surface area contributed by atoms with E-state index in [2.05, 4.69) is 15.4 Å².